The van der Waals surface area contributed by atoms with Gasteiger partial charge in [-0.2, -0.15) is 0 Å². The van der Waals surface area contributed by atoms with Crippen LogP contribution in [-0.4, -0.2) is 66.6 Å². The zero-order valence-electron chi connectivity index (χ0n) is 24.2. The minimum atomic E-state index is -0.191. The number of para-hydroxylation sites is 1. The van der Waals surface area contributed by atoms with E-state index in [1.807, 2.05) is 103 Å². The lowest BCUT2D eigenvalue weighted by Crippen LogP contribution is -2.44. The normalized spacial score (nSPS) is 11.1. The molecule has 0 saturated carbocycles. The molecule has 0 saturated heterocycles. The average molecular weight is 564 g/mol. The molecular formula is C35H37N3O4. The number of methoxy groups -OCH3 is 1. The van der Waals surface area contributed by atoms with Crippen molar-refractivity contribution in [2.24, 2.45) is 0 Å². The molecule has 0 bridgehead atoms. The lowest BCUT2D eigenvalue weighted by Gasteiger charge is -2.28. The van der Waals surface area contributed by atoms with Gasteiger partial charge in [-0.05, 0) is 65.6 Å². The molecule has 7 heteroatoms. The molecule has 5 aromatic rings. The van der Waals surface area contributed by atoms with E-state index in [0.29, 0.717) is 44.8 Å². The maximum atomic E-state index is 13.9. The summed E-state index contributed by atoms with van der Waals surface area (Å²) in [7, 11) is 1.60. The fourth-order valence-electron chi connectivity index (χ4n) is 5.19. The molecule has 0 aliphatic heterocycles. The minimum Gasteiger partial charge on any atom is -0.494 e. The van der Waals surface area contributed by atoms with E-state index >= 15 is 0 Å². The van der Waals surface area contributed by atoms with E-state index in [1.165, 1.54) is 0 Å². The van der Waals surface area contributed by atoms with Crippen molar-refractivity contribution >= 4 is 33.5 Å². The number of fused-ring (bicyclic) bond motifs is 2. The Kier molecular flexibility index (Phi) is 9.51. The largest absolute Gasteiger partial charge is 0.494 e. The standard InChI is InChI=1S/C35H37N3O4/c1-3-42-31-16-12-26(13-17-31)24-37(19-18-30-23-36-33-11-7-6-10-32(30)33)34(39)25-38(20-21-41-2)35(40)29-15-14-27-8-4-5-9-28(27)22-29/h4-17,22-23,36H,3,18-21,24-25H2,1-2H3. The van der Waals surface area contributed by atoms with Gasteiger partial charge in [-0.1, -0.05) is 60.7 Å². The molecule has 0 atom stereocenters. The summed E-state index contributed by atoms with van der Waals surface area (Å²) in [4.78, 5) is 34.4. The third-order valence-corrected chi connectivity index (χ3v) is 7.46. The first-order chi connectivity index (χ1) is 20.6. The van der Waals surface area contributed by atoms with Crippen molar-refractivity contribution in [2.45, 2.75) is 19.9 Å². The fourth-order valence-corrected chi connectivity index (χ4v) is 5.19. The third-order valence-electron chi connectivity index (χ3n) is 7.46. The highest BCUT2D eigenvalue weighted by Gasteiger charge is 2.23. The molecule has 7 nitrogen and oxygen atoms in total. The molecule has 0 unspecified atom stereocenters. The molecule has 4 aromatic carbocycles. The SMILES string of the molecule is CCOc1ccc(CN(CCc2c[nH]c3ccccc23)C(=O)CN(CCOC)C(=O)c2ccc3ccccc3c2)cc1. The van der Waals surface area contributed by atoms with Crippen molar-refractivity contribution in [3.05, 3.63) is 114 Å². The summed E-state index contributed by atoms with van der Waals surface area (Å²) in [6.45, 7) is 4.09. The predicted molar refractivity (Wildman–Crippen MR) is 167 cm³/mol. The molecule has 1 aromatic heterocycles. The van der Waals surface area contributed by atoms with Gasteiger partial charge < -0.3 is 24.3 Å². The van der Waals surface area contributed by atoms with Gasteiger partial charge in [0.15, 0.2) is 0 Å². The van der Waals surface area contributed by atoms with Crippen molar-refractivity contribution in [3.63, 3.8) is 0 Å². The van der Waals surface area contributed by atoms with Crippen LogP contribution in [0.5, 0.6) is 5.75 Å². The van der Waals surface area contributed by atoms with Crippen molar-refractivity contribution in [2.75, 3.05) is 40.0 Å². The second-order valence-electron chi connectivity index (χ2n) is 10.3. The number of ether oxygens (including phenoxy) is 2. The highest BCUT2D eigenvalue weighted by Crippen LogP contribution is 2.21. The van der Waals surface area contributed by atoms with Gasteiger partial charge in [-0.15, -0.1) is 0 Å². The number of aromatic amines is 1. The highest BCUT2D eigenvalue weighted by molar-refractivity contribution is 6.00. The second-order valence-corrected chi connectivity index (χ2v) is 10.3. The van der Waals surface area contributed by atoms with Crippen LogP contribution in [0.3, 0.4) is 0 Å². The highest BCUT2D eigenvalue weighted by atomic mass is 16.5. The van der Waals surface area contributed by atoms with Crippen LogP contribution in [-0.2, 0) is 22.5 Å². The number of aromatic nitrogens is 1. The van der Waals surface area contributed by atoms with Crippen LogP contribution in [0.25, 0.3) is 21.7 Å². The number of nitrogens with zero attached hydrogens (tertiary/aromatic N) is 2. The Bertz CT molecular complexity index is 1640. The van der Waals surface area contributed by atoms with Crippen molar-refractivity contribution in [3.8, 4) is 5.75 Å². The van der Waals surface area contributed by atoms with Crippen molar-refractivity contribution < 1.29 is 19.1 Å². The van der Waals surface area contributed by atoms with E-state index in [4.69, 9.17) is 9.47 Å². The number of nitrogens with one attached hydrogen (secondary N) is 1. The van der Waals surface area contributed by atoms with E-state index in [9.17, 15) is 9.59 Å². The van der Waals surface area contributed by atoms with Crippen molar-refractivity contribution in [1.29, 1.82) is 0 Å². The zero-order valence-corrected chi connectivity index (χ0v) is 24.2. The Morgan fingerprint density at radius 3 is 2.38 bits per heavy atom. The van der Waals surface area contributed by atoms with Gasteiger partial charge in [-0.25, -0.2) is 0 Å². The summed E-state index contributed by atoms with van der Waals surface area (Å²) >= 11 is 0. The van der Waals surface area contributed by atoms with E-state index in [-0.39, 0.29) is 18.4 Å². The molecule has 0 aliphatic rings. The molecular weight excluding hydrogens is 526 g/mol. The van der Waals surface area contributed by atoms with E-state index in [1.54, 1.807) is 12.0 Å². The summed E-state index contributed by atoms with van der Waals surface area (Å²) in [6, 6.07) is 29.6. The third kappa shape index (κ3) is 6.98. The molecule has 2 amide bonds. The number of rotatable bonds is 13. The molecule has 0 radical (unpaired) electrons. The monoisotopic (exact) mass is 563 g/mol. The van der Waals surface area contributed by atoms with Crippen LogP contribution >= 0.6 is 0 Å². The van der Waals surface area contributed by atoms with Gasteiger partial charge in [0.05, 0.1) is 13.2 Å². The number of carbonyl (C=O) groups is 2. The van der Waals surface area contributed by atoms with Gasteiger partial charge >= 0.3 is 0 Å². The average Bonchev–Trinajstić information content (AvgIpc) is 3.44. The maximum absolute atomic E-state index is 13.9. The summed E-state index contributed by atoms with van der Waals surface area (Å²) in [5.41, 5.74) is 3.77. The number of benzene rings is 4. The Morgan fingerprint density at radius 1 is 0.833 bits per heavy atom. The number of hydrogen-bond acceptors (Lipinski definition) is 4. The Morgan fingerprint density at radius 2 is 1.60 bits per heavy atom. The first-order valence-corrected chi connectivity index (χ1v) is 14.4. The van der Waals surface area contributed by atoms with Gasteiger partial charge in [0.1, 0.15) is 12.3 Å². The summed E-state index contributed by atoms with van der Waals surface area (Å²) in [5, 5.41) is 3.20. The summed E-state index contributed by atoms with van der Waals surface area (Å²) in [6.07, 6.45) is 2.70. The Balaban J connectivity index is 1.37. The molecule has 5 rings (SSSR count). The summed E-state index contributed by atoms with van der Waals surface area (Å²) in [5.74, 6) is 0.488. The van der Waals surface area contributed by atoms with Crippen LogP contribution in [0.2, 0.25) is 0 Å². The van der Waals surface area contributed by atoms with E-state index < -0.39 is 0 Å². The zero-order chi connectivity index (χ0) is 29.3. The predicted octanol–water partition coefficient (Wildman–Crippen LogP) is 6.08. The smallest absolute Gasteiger partial charge is 0.254 e. The van der Waals surface area contributed by atoms with Gasteiger partial charge in [0.2, 0.25) is 5.91 Å². The topological polar surface area (TPSA) is 74.9 Å². The van der Waals surface area contributed by atoms with Crippen LogP contribution in [0, 0.1) is 0 Å². The fraction of sp³-hybridized carbons (Fsp3) is 0.257. The van der Waals surface area contributed by atoms with Crippen LogP contribution < -0.4 is 4.74 Å². The molecule has 1 heterocycles. The molecule has 216 valence electrons. The lowest BCUT2D eigenvalue weighted by atomic mass is 10.1. The van der Waals surface area contributed by atoms with Crippen LogP contribution in [0.1, 0.15) is 28.4 Å². The van der Waals surface area contributed by atoms with E-state index in [2.05, 4.69) is 11.1 Å². The number of H-pyrrole nitrogens is 1. The number of carbonyl (C=O) groups excluding carboxylic acids is 2. The Hall–Kier alpha value is -4.62. The van der Waals surface area contributed by atoms with Crippen molar-refractivity contribution in [1.82, 2.24) is 14.8 Å². The van der Waals surface area contributed by atoms with Gasteiger partial charge in [-0.3, -0.25) is 9.59 Å². The maximum Gasteiger partial charge on any atom is 0.254 e. The van der Waals surface area contributed by atoms with Gasteiger partial charge in [0, 0.05) is 49.4 Å². The molecule has 0 spiro atoms. The second kappa shape index (κ2) is 13.8. The molecule has 0 fully saturated rings. The molecule has 42 heavy (non-hydrogen) atoms. The lowest BCUT2D eigenvalue weighted by molar-refractivity contribution is -0.132. The number of amides is 2. The molecule has 1 N–H and O–H groups in total. The first kappa shape index (κ1) is 28.9. The number of hydrogen-bond donors (Lipinski definition) is 1. The van der Waals surface area contributed by atoms with E-state index in [0.717, 1.165) is 38.6 Å². The van der Waals surface area contributed by atoms with Crippen LogP contribution in [0.15, 0.2) is 97.2 Å². The Labute approximate surface area is 246 Å². The first-order valence-electron chi connectivity index (χ1n) is 14.4. The quantitative estimate of drug-likeness (QED) is 0.188. The van der Waals surface area contributed by atoms with Gasteiger partial charge in [0.25, 0.3) is 5.91 Å². The summed E-state index contributed by atoms with van der Waals surface area (Å²) < 4.78 is 10.9. The van der Waals surface area contributed by atoms with Crippen LogP contribution in [0.4, 0.5) is 0 Å². The minimum absolute atomic E-state index is 0.0417. The molecule has 0 aliphatic carbocycles.